The Kier molecular flexibility index (Phi) is 4.18. The van der Waals surface area contributed by atoms with Gasteiger partial charge in [0.15, 0.2) is 0 Å². The van der Waals surface area contributed by atoms with Crippen molar-refractivity contribution in [2.75, 3.05) is 6.61 Å². The highest BCUT2D eigenvalue weighted by atomic mass is 16.6. The summed E-state index contributed by atoms with van der Waals surface area (Å²) in [5.41, 5.74) is 2.70. The molecule has 0 bridgehead atoms. The molecular formula is C20H28O3. The average molecular weight is 316 g/mol. The molecule has 0 N–H and O–H groups in total. The molecule has 0 saturated carbocycles. The Morgan fingerprint density at radius 2 is 2.09 bits per heavy atom. The van der Waals surface area contributed by atoms with E-state index in [4.69, 9.17) is 14.2 Å². The maximum Gasteiger partial charge on any atom is 0.126 e. The molecule has 1 saturated heterocycles. The van der Waals surface area contributed by atoms with Crippen LogP contribution in [0.4, 0.5) is 0 Å². The van der Waals surface area contributed by atoms with Gasteiger partial charge in [0.2, 0.25) is 0 Å². The summed E-state index contributed by atoms with van der Waals surface area (Å²) in [4.78, 5) is 0. The van der Waals surface area contributed by atoms with Crippen LogP contribution in [0.2, 0.25) is 0 Å². The van der Waals surface area contributed by atoms with Gasteiger partial charge in [-0.25, -0.2) is 0 Å². The second-order valence-electron chi connectivity index (χ2n) is 7.61. The first kappa shape index (κ1) is 16.4. The zero-order chi connectivity index (χ0) is 16.7. The first-order chi connectivity index (χ1) is 10.8. The van der Waals surface area contributed by atoms with Crippen LogP contribution in [0.25, 0.3) is 0 Å². The van der Waals surface area contributed by atoms with Gasteiger partial charge in [0.1, 0.15) is 24.2 Å². The molecular weight excluding hydrogens is 288 g/mol. The fourth-order valence-electron chi connectivity index (χ4n) is 3.18. The fourth-order valence-corrected chi connectivity index (χ4v) is 3.18. The smallest absolute Gasteiger partial charge is 0.126 e. The molecule has 2 aliphatic heterocycles. The Morgan fingerprint density at radius 3 is 2.78 bits per heavy atom. The lowest BCUT2D eigenvalue weighted by Gasteiger charge is -2.10. The molecule has 2 atom stereocenters. The molecule has 0 spiro atoms. The normalized spacial score (nSPS) is 28.2. The van der Waals surface area contributed by atoms with E-state index in [1.54, 1.807) is 0 Å². The first-order valence-electron chi connectivity index (χ1n) is 8.57. The van der Waals surface area contributed by atoms with Crippen LogP contribution < -0.4 is 9.47 Å². The summed E-state index contributed by atoms with van der Waals surface area (Å²) >= 11 is 0. The molecule has 3 heteroatoms. The molecule has 1 aromatic rings. The van der Waals surface area contributed by atoms with Crippen molar-refractivity contribution in [2.24, 2.45) is 0 Å². The van der Waals surface area contributed by atoms with Crippen molar-refractivity contribution in [1.82, 2.24) is 0 Å². The van der Waals surface area contributed by atoms with E-state index < -0.39 is 0 Å². The third-order valence-corrected chi connectivity index (χ3v) is 5.26. The topological polar surface area (TPSA) is 31.0 Å². The predicted octanol–water partition coefficient (Wildman–Crippen LogP) is 4.68. The van der Waals surface area contributed by atoms with Crippen molar-refractivity contribution in [2.45, 2.75) is 71.2 Å². The van der Waals surface area contributed by atoms with E-state index in [-0.39, 0.29) is 17.3 Å². The zero-order valence-electron chi connectivity index (χ0n) is 14.9. The second kappa shape index (κ2) is 5.86. The van der Waals surface area contributed by atoms with Crippen molar-refractivity contribution in [3.05, 3.63) is 35.4 Å². The minimum Gasteiger partial charge on any atom is -0.490 e. The van der Waals surface area contributed by atoms with E-state index in [9.17, 15) is 0 Å². The van der Waals surface area contributed by atoms with Gasteiger partial charge >= 0.3 is 0 Å². The first-order valence-corrected chi connectivity index (χ1v) is 8.57. The highest BCUT2D eigenvalue weighted by molar-refractivity contribution is 5.43. The van der Waals surface area contributed by atoms with Crippen LogP contribution in [0.3, 0.4) is 0 Å². The predicted molar refractivity (Wildman–Crippen MR) is 92.3 cm³/mol. The van der Waals surface area contributed by atoms with Gasteiger partial charge in [-0.3, -0.25) is 0 Å². The third kappa shape index (κ3) is 3.55. The lowest BCUT2D eigenvalue weighted by atomic mass is 9.91. The van der Waals surface area contributed by atoms with Gasteiger partial charge in [-0.15, -0.1) is 0 Å². The van der Waals surface area contributed by atoms with E-state index in [1.165, 1.54) is 11.1 Å². The van der Waals surface area contributed by atoms with Crippen LogP contribution in [-0.2, 0) is 11.2 Å². The Balaban J connectivity index is 1.46. The Morgan fingerprint density at radius 1 is 1.35 bits per heavy atom. The molecule has 2 unspecified atom stereocenters. The minimum atomic E-state index is 0.0331. The Labute approximate surface area is 139 Å². The Bertz CT molecular complexity index is 617. The number of hydrogen-bond donors (Lipinski definition) is 0. The van der Waals surface area contributed by atoms with Gasteiger partial charge in [0.25, 0.3) is 0 Å². The molecule has 3 rings (SSSR count). The molecule has 0 aromatic heterocycles. The van der Waals surface area contributed by atoms with Crippen LogP contribution in [-0.4, -0.2) is 23.9 Å². The monoisotopic (exact) mass is 316 g/mol. The lowest BCUT2D eigenvalue weighted by molar-refractivity contribution is 0.253. The van der Waals surface area contributed by atoms with Gasteiger partial charge in [-0.2, -0.15) is 0 Å². The summed E-state index contributed by atoms with van der Waals surface area (Å²) in [6.07, 6.45) is 5.54. The van der Waals surface area contributed by atoms with Crippen molar-refractivity contribution in [3.8, 4) is 11.5 Å². The summed E-state index contributed by atoms with van der Waals surface area (Å²) in [5.74, 6) is 1.84. The maximum absolute atomic E-state index is 5.84. The fraction of sp³-hybridized carbons (Fsp3) is 0.600. The third-order valence-electron chi connectivity index (χ3n) is 5.26. The number of benzene rings is 1. The van der Waals surface area contributed by atoms with Crippen LogP contribution in [0.1, 0.15) is 53.0 Å². The number of fused-ring (bicyclic) bond motifs is 1. The largest absolute Gasteiger partial charge is 0.490 e. The van der Waals surface area contributed by atoms with E-state index >= 15 is 0 Å². The van der Waals surface area contributed by atoms with Crippen molar-refractivity contribution >= 4 is 0 Å². The number of epoxide rings is 1. The lowest BCUT2D eigenvalue weighted by Crippen LogP contribution is -2.16. The van der Waals surface area contributed by atoms with Gasteiger partial charge in [-0.1, -0.05) is 11.6 Å². The van der Waals surface area contributed by atoms with Crippen LogP contribution in [0.15, 0.2) is 29.8 Å². The van der Waals surface area contributed by atoms with Gasteiger partial charge in [-0.05, 0) is 65.2 Å². The zero-order valence-corrected chi connectivity index (χ0v) is 14.9. The summed E-state index contributed by atoms with van der Waals surface area (Å²) in [6, 6.07) is 6.15. The van der Waals surface area contributed by atoms with Gasteiger partial charge < -0.3 is 14.2 Å². The van der Waals surface area contributed by atoms with E-state index in [1.807, 2.05) is 12.1 Å². The van der Waals surface area contributed by atoms with Crippen LogP contribution in [0, 0.1) is 0 Å². The van der Waals surface area contributed by atoms with Crippen molar-refractivity contribution in [3.63, 3.8) is 0 Å². The van der Waals surface area contributed by atoms with Gasteiger partial charge in [0.05, 0.1) is 11.2 Å². The Hall–Kier alpha value is -1.48. The molecule has 126 valence electrons. The highest BCUT2D eigenvalue weighted by Gasteiger charge is 2.59. The molecule has 0 radical (unpaired) electrons. The van der Waals surface area contributed by atoms with Gasteiger partial charge in [0, 0.05) is 12.5 Å². The highest BCUT2D eigenvalue weighted by Crippen LogP contribution is 2.50. The summed E-state index contributed by atoms with van der Waals surface area (Å²) in [7, 11) is 0. The minimum absolute atomic E-state index is 0.0331. The van der Waals surface area contributed by atoms with E-state index in [2.05, 4.69) is 46.8 Å². The van der Waals surface area contributed by atoms with E-state index in [0.717, 1.165) is 30.8 Å². The standard InChI is InChI=1S/C20H28O3/c1-14(8-10-20(5)19(3,4)23-20)9-11-21-17-7-6-16-12-15(2)22-18(16)13-17/h6-7,9,13,15H,8,10-12H2,1-5H3/b14-9+. The van der Waals surface area contributed by atoms with Crippen molar-refractivity contribution in [1.29, 1.82) is 0 Å². The van der Waals surface area contributed by atoms with E-state index in [0.29, 0.717) is 6.61 Å². The number of hydrogen-bond acceptors (Lipinski definition) is 3. The maximum atomic E-state index is 5.84. The molecule has 1 aromatic carbocycles. The van der Waals surface area contributed by atoms with Crippen LogP contribution in [0.5, 0.6) is 11.5 Å². The summed E-state index contributed by atoms with van der Waals surface area (Å²) < 4.78 is 17.4. The SMILES string of the molecule is C/C(=C\COc1ccc2c(c1)OC(C)C2)CCC1(C)OC1(C)C. The molecule has 23 heavy (non-hydrogen) atoms. The molecule has 2 aliphatic rings. The molecule has 1 fully saturated rings. The number of ether oxygens (including phenoxy) is 3. The summed E-state index contributed by atoms with van der Waals surface area (Å²) in [6.45, 7) is 11.4. The number of rotatable bonds is 6. The second-order valence-corrected chi connectivity index (χ2v) is 7.61. The van der Waals surface area contributed by atoms with Crippen molar-refractivity contribution < 1.29 is 14.2 Å². The summed E-state index contributed by atoms with van der Waals surface area (Å²) in [5, 5.41) is 0. The molecule has 0 aliphatic carbocycles. The van der Waals surface area contributed by atoms with Crippen LogP contribution >= 0.6 is 0 Å². The molecule has 0 amide bonds. The average Bonchev–Trinajstić information content (AvgIpc) is 2.78. The molecule has 3 nitrogen and oxygen atoms in total. The molecule has 2 heterocycles. The quantitative estimate of drug-likeness (QED) is 0.564. The number of allylic oxidation sites excluding steroid dienone is 1.